The molecular formula is C47H30N4O4Zn. The average Bonchev–Trinajstić information content (AvgIpc) is 4.02. The summed E-state index contributed by atoms with van der Waals surface area (Å²) in [6, 6.07) is 36.5. The second-order valence-electron chi connectivity index (χ2n) is 13.0. The molecule has 9 heteroatoms. The first kappa shape index (κ1) is 35.9. The molecular weight excluding hydrogens is 750 g/mol. The summed E-state index contributed by atoms with van der Waals surface area (Å²) in [7, 11) is 0. The van der Waals surface area contributed by atoms with Gasteiger partial charge in [0.2, 0.25) is 0 Å². The fourth-order valence-corrected chi connectivity index (χ4v) is 7.12. The van der Waals surface area contributed by atoms with E-state index in [0.717, 1.165) is 27.8 Å². The van der Waals surface area contributed by atoms with Crippen molar-refractivity contribution in [3.05, 3.63) is 144 Å². The van der Waals surface area contributed by atoms with Gasteiger partial charge in [0.25, 0.3) is 0 Å². The van der Waals surface area contributed by atoms with Crippen LogP contribution >= 0.6 is 0 Å². The molecule has 2 aliphatic heterocycles. The van der Waals surface area contributed by atoms with E-state index in [9.17, 15) is 15.3 Å². The van der Waals surface area contributed by atoms with Gasteiger partial charge in [-0.15, -0.1) is 28.5 Å². The summed E-state index contributed by atoms with van der Waals surface area (Å²) in [5.41, 5.74) is 11.0. The van der Waals surface area contributed by atoms with Crippen molar-refractivity contribution in [3.8, 4) is 79.8 Å². The zero-order chi connectivity index (χ0) is 37.5. The van der Waals surface area contributed by atoms with Gasteiger partial charge >= 0.3 is 19.5 Å². The van der Waals surface area contributed by atoms with Crippen molar-refractivity contribution in [3.63, 3.8) is 0 Å². The molecule has 3 N–H and O–H groups in total. The van der Waals surface area contributed by atoms with Gasteiger partial charge in [-0.25, -0.2) is 9.97 Å². The van der Waals surface area contributed by atoms with Crippen LogP contribution in [-0.4, -0.2) is 31.9 Å². The summed E-state index contributed by atoms with van der Waals surface area (Å²) < 4.78 is 5.83. The summed E-state index contributed by atoms with van der Waals surface area (Å²) in [6.07, 6.45) is 13.3. The van der Waals surface area contributed by atoms with Crippen LogP contribution in [0.5, 0.6) is 23.0 Å². The van der Waals surface area contributed by atoms with Gasteiger partial charge in [-0.1, -0.05) is 78.7 Å². The molecule has 4 aromatic carbocycles. The molecule has 9 rings (SSSR count). The van der Waals surface area contributed by atoms with E-state index in [2.05, 4.69) is 5.92 Å². The Balaban J connectivity index is 0.00000441. The van der Waals surface area contributed by atoms with Crippen LogP contribution in [-0.2, 0) is 19.5 Å². The van der Waals surface area contributed by atoms with Gasteiger partial charge in [-0.05, 0) is 117 Å². The van der Waals surface area contributed by atoms with E-state index >= 15 is 0 Å². The van der Waals surface area contributed by atoms with Gasteiger partial charge in [0.15, 0.2) is 0 Å². The number of terminal acetylenes is 1. The molecule has 0 radical (unpaired) electrons. The molecule has 0 amide bonds. The molecule has 0 atom stereocenters. The Morgan fingerprint density at radius 2 is 0.821 bits per heavy atom. The van der Waals surface area contributed by atoms with Crippen LogP contribution < -0.4 is 14.7 Å². The predicted octanol–water partition coefficient (Wildman–Crippen LogP) is 9.71. The van der Waals surface area contributed by atoms with Gasteiger partial charge in [-0.2, -0.15) is 0 Å². The number of aromatic nitrogens is 4. The van der Waals surface area contributed by atoms with Crippen molar-refractivity contribution < 1.29 is 39.5 Å². The largest absolute Gasteiger partial charge is 2.00 e. The molecule has 0 fully saturated rings. The van der Waals surface area contributed by atoms with Crippen molar-refractivity contribution in [1.82, 2.24) is 19.9 Å². The van der Waals surface area contributed by atoms with E-state index in [-0.39, 0.29) is 43.3 Å². The van der Waals surface area contributed by atoms with E-state index in [1.807, 2.05) is 91.0 Å². The third kappa shape index (κ3) is 6.75. The molecule has 0 spiro atoms. The van der Waals surface area contributed by atoms with E-state index < -0.39 is 0 Å². The van der Waals surface area contributed by atoms with Crippen molar-refractivity contribution in [1.29, 1.82) is 0 Å². The summed E-state index contributed by atoms with van der Waals surface area (Å²) in [5, 5.41) is 31.8. The number of hydrogen-bond acceptors (Lipinski definition) is 6. The summed E-state index contributed by atoms with van der Waals surface area (Å²) in [6.45, 7) is 0.120. The maximum Gasteiger partial charge on any atom is 2.00 e. The van der Waals surface area contributed by atoms with Crippen LogP contribution in [0.15, 0.2) is 121 Å². The number of phenolic OH excluding ortho intramolecular Hbond substituents is 3. The number of fused-ring (bicyclic) bond motifs is 8. The maximum absolute atomic E-state index is 10.6. The Labute approximate surface area is 335 Å². The quantitative estimate of drug-likeness (QED) is 0.113. The van der Waals surface area contributed by atoms with Gasteiger partial charge in [0.1, 0.15) is 29.6 Å². The van der Waals surface area contributed by atoms with Crippen LogP contribution in [0.2, 0.25) is 0 Å². The van der Waals surface area contributed by atoms with Crippen molar-refractivity contribution in [2.75, 3.05) is 6.61 Å². The summed E-state index contributed by atoms with van der Waals surface area (Å²) in [5.74, 6) is 3.46. The smallest absolute Gasteiger partial charge is 0.657 e. The summed E-state index contributed by atoms with van der Waals surface area (Å²) in [4.78, 5) is 20.8. The number of aromatic hydroxyl groups is 3. The Bertz CT molecular complexity index is 2910. The standard InChI is InChI=1S/C47H30N4O4.Zn/c1-2-23-55-35-14-6-10-31(27-35)47-42-21-19-40(50-42)45(29-8-4-12-33(53)25-29)38-17-15-36(48-38)44(28-7-3-11-32(52)24-28)37-16-18-39(49-37)46(41-20-22-43(47)51-41)30-9-5-13-34(54)26-30;/h1,3-22,24-27H,23H2,(H3-2,48,49,50,51,52,53,54);/q-2;+2. The molecule has 8 nitrogen and oxygen atoms in total. The first-order valence-corrected chi connectivity index (χ1v) is 17.5. The SMILES string of the molecule is C#CCOc1cccc(-c2c3nc(c(-c4cccc(O)c4)c4ccc([n-]4)c(-c4cccc(O)c4)c4nc(c(-c5cccc(O)c5)c5ccc2[n-]5)C=C4)C=C3)c1.[Zn+2]. The fraction of sp³-hybridized carbons (Fsp3) is 0.0213. The Hall–Kier alpha value is -7.14. The van der Waals surface area contributed by atoms with Crippen LogP contribution in [0.3, 0.4) is 0 Å². The molecule has 0 saturated heterocycles. The molecule has 264 valence electrons. The van der Waals surface area contributed by atoms with Crippen LogP contribution in [0, 0.1) is 12.3 Å². The molecule has 8 bridgehead atoms. The molecule has 3 aromatic heterocycles. The second kappa shape index (κ2) is 14.9. The van der Waals surface area contributed by atoms with Crippen LogP contribution in [0.4, 0.5) is 0 Å². The molecule has 5 heterocycles. The predicted molar refractivity (Wildman–Crippen MR) is 218 cm³/mol. The van der Waals surface area contributed by atoms with E-state index in [0.29, 0.717) is 67.3 Å². The Morgan fingerprint density at radius 3 is 1.16 bits per heavy atom. The van der Waals surface area contributed by atoms with Crippen LogP contribution in [0.1, 0.15) is 22.8 Å². The zero-order valence-electron chi connectivity index (χ0n) is 29.9. The second-order valence-corrected chi connectivity index (χ2v) is 13.0. The molecule has 0 unspecified atom stereocenters. The van der Waals surface area contributed by atoms with Gasteiger partial charge < -0.3 is 30.0 Å². The minimum absolute atomic E-state index is 0. The number of phenols is 3. The third-order valence-corrected chi connectivity index (χ3v) is 9.46. The van der Waals surface area contributed by atoms with Crippen molar-refractivity contribution >= 4 is 46.4 Å². The molecule has 0 aliphatic carbocycles. The minimum Gasteiger partial charge on any atom is -0.657 e. The number of hydrogen-bond donors (Lipinski definition) is 3. The molecule has 0 saturated carbocycles. The van der Waals surface area contributed by atoms with Crippen molar-refractivity contribution in [2.24, 2.45) is 0 Å². The number of nitrogens with zero attached hydrogens (tertiary/aromatic N) is 4. The van der Waals surface area contributed by atoms with E-state index in [1.165, 1.54) is 0 Å². The number of benzene rings is 4. The molecule has 7 aromatic rings. The van der Waals surface area contributed by atoms with Crippen molar-refractivity contribution in [2.45, 2.75) is 0 Å². The first-order chi connectivity index (χ1) is 26.9. The Morgan fingerprint density at radius 1 is 0.482 bits per heavy atom. The third-order valence-electron chi connectivity index (χ3n) is 9.46. The topological polar surface area (TPSA) is 124 Å². The monoisotopic (exact) mass is 778 g/mol. The number of ether oxygens (including phenoxy) is 1. The van der Waals surface area contributed by atoms with Gasteiger partial charge in [0.05, 0.1) is 22.8 Å². The van der Waals surface area contributed by atoms with Gasteiger partial charge in [0, 0.05) is 0 Å². The van der Waals surface area contributed by atoms with Crippen LogP contribution in [0.25, 0.3) is 90.9 Å². The normalized spacial score (nSPS) is 11.6. The maximum atomic E-state index is 10.6. The Kier molecular flexibility index (Phi) is 9.57. The van der Waals surface area contributed by atoms with Gasteiger partial charge in [-0.3, -0.25) is 0 Å². The number of rotatable bonds is 6. The first-order valence-electron chi connectivity index (χ1n) is 17.5. The summed E-state index contributed by atoms with van der Waals surface area (Å²) >= 11 is 0. The molecule has 56 heavy (non-hydrogen) atoms. The fourth-order valence-electron chi connectivity index (χ4n) is 7.12. The van der Waals surface area contributed by atoms with E-state index in [4.69, 9.17) is 31.1 Å². The molecule has 2 aliphatic rings. The minimum atomic E-state index is 0. The average molecular weight is 780 g/mol. The van der Waals surface area contributed by atoms with E-state index in [1.54, 1.807) is 54.6 Å². The zero-order valence-corrected chi connectivity index (χ0v) is 32.9.